The lowest BCUT2D eigenvalue weighted by atomic mass is 9.80. The minimum absolute atomic E-state index is 0.0483. The first-order chi connectivity index (χ1) is 9.43. The van der Waals surface area contributed by atoms with Crippen molar-refractivity contribution in [1.29, 1.82) is 0 Å². The minimum atomic E-state index is -2.63. The maximum atomic E-state index is 13.6. The van der Waals surface area contributed by atoms with Crippen LogP contribution in [0.1, 0.15) is 31.2 Å². The number of halogens is 4. The highest BCUT2D eigenvalue weighted by Crippen LogP contribution is 2.38. The van der Waals surface area contributed by atoms with Gasteiger partial charge in [-0.05, 0) is 37.3 Å². The smallest absolute Gasteiger partial charge is 0.248 e. The Bertz CT molecular complexity index is 434. The van der Waals surface area contributed by atoms with Crippen LogP contribution in [0.5, 0.6) is 0 Å². The lowest BCUT2D eigenvalue weighted by molar-refractivity contribution is -0.0496. The Morgan fingerprint density at radius 2 is 1.75 bits per heavy atom. The van der Waals surface area contributed by atoms with Crippen LogP contribution in [0.3, 0.4) is 0 Å². The summed E-state index contributed by atoms with van der Waals surface area (Å²) < 4.78 is 53.5. The second-order valence-electron chi connectivity index (χ2n) is 5.37. The van der Waals surface area contributed by atoms with E-state index in [1.807, 2.05) is 0 Å². The molecule has 0 amide bonds. The third kappa shape index (κ3) is 3.49. The number of rotatable bonds is 4. The fraction of sp³-hybridized carbons (Fsp3) is 0.571. The molecule has 0 radical (unpaired) electrons. The molecule has 0 spiro atoms. The predicted octanol–water partition coefficient (Wildman–Crippen LogP) is 3.16. The second kappa shape index (κ2) is 6.10. The highest BCUT2D eigenvalue weighted by Gasteiger charge is 2.37. The standard InChI is InChI=1S/C14H18F4N2/c15-11-2-1-3-12(16)10(11)8-13(20-19)9-4-6-14(17,18)7-5-9/h1-3,9,13,20H,4-8,19H2. The van der Waals surface area contributed by atoms with Gasteiger partial charge >= 0.3 is 0 Å². The summed E-state index contributed by atoms with van der Waals surface area (Å²) in [5.74, 6) is 1.45. The van der Waals surface area contributed by atoms with E-state index in [1.54, 1.807) is 0 Å². The van der Waals surface area contributed by atoms with Crippen LogP contribution < -0.4 is 11.3 Å². The first-order valence-corrected chi connectivity index (χ1v) is 6.70. The molecule has 3 N–H and O–H groups in total. The van der Waals surface area contributed by atoms with Crippen LogP contribution in [0.25, 0.3) is 0 Å². The Kier molecular flexibility index (Phi) is 4.65. The molecule has 1 fully saturated rings. The van der Waals surface area contributed by atoms with Gasteiger partial charge in [0.2, 0.25) is 5.92 Å². The number of nitrogens with one attached hydrogen (secondary N) is 1. The van der Waals surface area contributed by atoms with Gasteiger partial charge in [-0.15, -0.1) is 0 Å². The Labute approximate surface area is 115 Å². The van der Waals surface area contributed by atoms with E-state index in [9.17, 15) is 17.6 Å². The first-order valence-electron chi connectivity index (χ1n) is 6.70. The molecule has 112 valence electrons. The van der Waals surface area contributed by atoms with Gasteiger partial charge in [0.05, 0.1) is 0 Å². The quantitative estimate of drug-likeness (QED) is 0.508. The average Bonchev–Trinajstić information content (AvgIpc) is 2.39. The molecule has 6 heteroatoms. The van der Waals surface area contributed by atoms with Crippen LogP contribution in [-0.2, 0) is 6.42 Å². The zero-order chi connectivity index (χ0) is 14.8. The number of hydrazine groups is 1. The zero-order valence-electron chi connectivity index (χ0n) is 11.0. The van der Waals surface area contributed by atoms with Crippen molar-refractivity contribution < 1.29 is 17.6 Å². The van der Waals surface area contributed by atoms with Crippen LogP contribution in [0, 0.1) is 17.6 Å². The normalized spacial score (nSPS) is 20.9. The second-order valence-corrected chi connectivity index (χ2v) is 5.37. The van der Waals surface area contributed by atoms with Crippen molar-refractivity contribution in [3.8, 4) is 0 Å². The zero-order valence-corrected chi connectivity index (χ0v) is 11.0. The lowest BCUT2D eigenvalue weighted by Crippen LogP contribution is -2.45. The van der Waals surface area contributed by atoms with Gasteiger partial charge in [0.1, 0.15) is 11.6 Å². The third-order valence-electron chi connectivity index (χ3n) is 4.03. The number of nitrogens with two attached hydrogens (primary N) is 1. The van der Waals surface area contributed by atoms with E-state index in [0.29, 0.717) is 12.8 Å². The molecule has 1 aliphatic rings. The van der Waals surface area contributed by atoms with Crippen molar-refractivity contribution in [2.75, 3.05) is 0 Å². The van der Waals surface area contributed by atoms with Crippen LogP contribution >= 0.6 is 0 Å². The molecule has 0 saturated heterocycles. The molecule has 1 saturated carbocycles. The van der Waals surface area contributed by atoms with E-state index in [-0.39, 0.29) is 30.7 Å². The van der Waals surface area contributed by atoms with Gasteiger partial charge in [-0.2, -0.15) is 0 Å². The summed E-state index contributed by atoms with van der Waals surface area (Å²) in [5.41, 5.74) is 2.48. The molecule has 1 atom stereocenters. The van der Waals surface area contributed by atoms with Gasteiger partial charge in [0.25, 0.3) is 0 Å². The van der Waals surface area contributed by atoms with Gasteiger partial charge in [0.15, 0.2) is 0 Å². The van der Waals surface area contributed by atoms with E-state index < -0.39 is 23.6 Å². The highest BCUT2D eigenvalue weighted by molar-refractivity contribution is 5.21. The molecule has 1 aromatic carbocycles. The summed E-state index contributed by atoms with van der Waals surface area (Å²) >= 11 is 0. The van der Waals surface area contributed by atoms with Gasteiger partial charge in [0, 0.05) is 24.4 Å². The van der Waals surface area contributed by atoms with E-state index >= 15 is 0 Å². The molecule has 0 aliphatic heterocycles. The summed E-state index contributed by atoms with van der Waals surface area (Å²) in [7, 11) is 0. The van der Waals surface area contributed by atoms with Crippen molar-refractivity contribution in [1.82, 2.24) is 5.43 Å². The summed E-state index contributed by atoms with van der Waals surface area (Å²) in [6.07, 6.45) is 0.270. The van der Waals surface area contributed by atoms with Crippen LogP contribution in [0.15, 0.2) is 18.2 Å². The number of hydrogen-bond donors (Lipinski definition) is 2. The van der Waals surface area contributed by atoms with Crippen molar-refractivity contribution in [2.45, 2.75) is 44.1 Å². The van der Waals surface area contributed by atoms with Crippen molar-refractivity contribution in [2.24, 2.45) is 11.8 Å². The SMILES string of the molecule is NNC(Cc1c(F)cccc1F)C1CCC(F)(F)CC1. The highest BCUT2D eigenvalue weighted by atomic mass is 19.3. The number of alkyl halides is 2. The van der Waals surface area contributed by atoms with Crippen LogP contribution in [0.4, 0.5) is 17.6 Å². The fourth-order valence-electron chi connectivity index (χ4n) is 2.77. The summed E-state index contributed by atoms with van der Waals surface area (Å²) in [6, 6.07) is 3.25. The lowest BCUT2D eigenvalue weighted by Gasteiger charge is -2.33. The number of benzene rings is 1. The molecule has 2 nitrogen and oxygen atoms in total. The molecule has 20 heavy (non-hydrogen) atoms. The van der Waals surface area contributed by atoms with E-state index in [0.717, 1.165) is 0 Å². The van der Waals surface area contributed by atoms with E-state index in [4.69, 9.17) is 5.84 Å². The van der Waals surface area contributed by atoms with Gasteiger partial charge in [-0.25, -0.2) is 17.6 Å². The molecule has 0 aromatic heterocycles. The van der Waals surface area contributed by atoms with Crippen molar-refractivity contribution >= 4 is 0 Å². The van der Waals surface area contributed by atoms with Crippen molar-refractivity contribution in [3.63, 3.8) is 0 Å². The average molecular weight is 290 g/mol. The Morgan fingerprint density at radius 3 is 2.25 bits per heavy atom. The maximum absolute atomic E-state index is 13.6. The summed E-state index contributed by atoms with van der Waals surface area (Å²) in [6.45, 7) is 0. The van der Waals surface area contributed by atoms with E-state index in [2.05, 4.69) is 5.43 Å². The fourth-order valence-corrected chi connectivity index (χ4v) is 2.77. The van der Waals surface area contributed by atoms with Gasteiger partial charge in [-0.3, -0.25) is 11.3 Å². The first kappa shape index (κ1) is 15.3. The molecule has 1 aliphatic carbocycles. The third-order valence-corrected chi connectivity index (χ3v) is 4.03. The van der Waals surface area contributed by atoms with E-state index in [1.165, 1.54) is 18.2 Å². The maximum Gasteiger partial charge on any atom is 0.248 e. The minimum Gasteiger partial charge on any atom is -0.271 e. The molecular formula is C14H18F4N2. The summed E-state index contributed by atoms with van der Waals surface area (Å²) in [5, 5.41) is 0. The van der Waals surface area contributed by atoms with Crippen LogP contribution in [0.2, 0.25) is 0 Å². The monoisotopic (exact) mass is 290 g/mol. The topological polar surface area (TPSA) is 38.0 Å². The van der Waals surface area contributed by atoms with Crippen molar-refractivity contribution in [3.05, 3.63) is 35.4 Å². The molecule has 0 bridgehead atoms. The number of hydrogen-bond acceptors (Lipinski definition) is 2. The Hall–Kier alpha value is -1.14. The Balaban J connectivity index is 2.06. The molecule has 0 heterocycles. The van der Waals surface area contributed by atoms with Gasteiger partial charge < -0.3 is 0 Å². The Morgan fingerprint density at radius 1 is 1.20 bits per heavy atom. The van der Waals surface area contributed by atoms with Gasteiger partial charge in [-0.1, -0.05) is 6.07 Å². The molecular weight excluding hydrogens is 272 g/mol. The predicted molar refractivity (Wildman–Crippen MR) is 68.1 cm³/mol. The summed E-state index contributed by atoms with van der Waals surface area (Å²) in [4.78, 5) is 0. The molecule has 2 rings (SSSR count). The largest absolute Gasteiger partial charge is 0.271 e. The molecule has 1 unspecified atom stereocenters. The molecule has 1 aromatic rings. The van der Waals surface area contributed by atoms with Crippen LogP contribution in [-0.4, -0.2) is 12.0 Å².